The molecule has 2 heterocycles. The molecule has 0 N–H and O–H groups in total. The molecule has 1 aromatic heterocycles. The van der Waals surface area contributed by atoms with E-state index in [0.29, 0.717) is 5.69 Å². The van der Waals surface area contributed by atoms with Gasteiger partial charge in [0.15, 0.2) is 0 Å². The highest BCUT2D eigenvalue weighted by Gasteiger charge is 2.20. The molecule has 3 nitrogen and oxygen atoms in total. The van der Waals surface area contributed by atoms with Crippen molar-refractivity contribution in [3.63, 3.8) is 0 Å². The van der Waals surface area contributed by atoms with Crippen molar-refractivity contribution in [1.82, 2.24) is 9.88 Å². The van der Waals surface area contributed by atoms with E-state index in [1.807, 2.05) is 47.0 Å². The molecule has 1 saturated heterocycles. The first kappa shape index (κ1) is 11.5. The fourth-order valence-electron chi connectivity index (χ4n) is 2.21. The van der Waals surface area contributed by atoms with Crippen LogP contribution in [0.5, 0.6) is 0 Å². The Hall–Kier alpha value is -1.55. The van der Waals surface area contributed by atoms with E-state index in [0.717, 1.165) is 35.4 Å². The van der Waals surface area contributed by atoms with E-state index >= 15 is 0 Å². The smallest absolute Gasteiger partial charge is 0.273 e. The quantitative estimate of drug-likeness (QED) is 0.787. The van der Waals surface area contributed by atoms with Crippen molar-refractivity contribution in [3.05, 3.63) is 42.2 Å². The Labute approximate surface area is 110 Å². The lowest BCUT2D eigenvalue weighted by atomic mass is 10.1. The Morgan fingerprint density at radius 3 is 2.78 bits per heavy atom. The number of amides is 1. The molecule has 0 unspecified atom stereocenters. The molecule has 1 aromatic carbocycles. The van der Waals surface area contributed by atoms with Gasteiger partial charge in [-0.05, 0) is 11.5 Å². The molecule has 1 aliphatic heterocycles. The molecule has 0 radical (unpaired) electrons. The lowest BCUT2D eigenvalue weighted by molar-refractivity contribution is 0.0768. The maximum Gasteiger partial charge on any atom is 0.273 e. The second-order valence-corrected chi connectivity index (χ2v) is 5.51. The van der Waals surface area contributed by atoms with Crippen molar-refractivity contribution in [2.24, 2.45) is 0 Å². The minimum atomic E-state index is 0.0621. The van der Waals surface area contributed by atoms with E-state index in [1.54, 1.807) is 6.20 Å². The van der Waals surface area contributed by atoms with Crippen molar-refractivity contribution >= 4 is 28.4 Å². The fraction of sp³-hybridized carbons (Fsp3) is 0.286. The number of rotatable bonds is 1. The van der Waals surface area contributed by atoms with Crippen molar-refractivity contribution in [2.75, 3.05) is 24.6 Å². The van der Waals surface area contributed by atoms with Crippen molar-refractivity contribution < 1.29 is 4.79 Å². The third kappa shape index (κ3) is 2.08. The zero-order valence-corrected chi connectivity index (χ0v) is 10.8. The van der Waals surface area contributed by atoms with Crippen LogP contribution < -0.4 is 0 Å². The van der Waals surface area contributed by atoms with Crippen LogP contribution in [0.4, 0.5) is 0 Å². The van der Waals surface area contributed by atoms with Crippen LogP contribution in [0, 0.1) is 0 Å². The lowest BCUT2D eigenvalue weighted by Crippen LogP contribution is -2.38. The standard InChI is InChI=1S/C14H14N2OS/c17-14(16-7-9-18-10-8-16)13-12-4-2-1-3-11(12)5-6-15-13/h1-6H,7-10H2. The van der Waals surface area contributed by atoms with E-state index in [4.69, 9.17) is 0 Å². The average molecular weight is 258 g/mol. The Morgan fingerprint density at radius 2 is 1.94 bits per heavy atom. The third-order valence-electron chi connectivity index (χ3n) is 3.17. The molecule has 2 aromatic rings. The summed E-state index contributed by atoms with van der Waals surface area (Å²) in [6.07, 6.45) is 1.72. The number of pyridine rings is 1. The summed E-state index contributed by atoms with van der Waals surface area (Å²) in [5.41, 5.74) is 0.583. The molecule has 18 heavy (non-hydrogen) atoms. The molecule has 0 saturated carbocycles. The summed E-state index contributed by atoms with van der Waals surface area (Å²) in [5.74, 6) is 2.11. The topological polar surface area (TPSA) is 33.2 Å². The van der Waals surface area contributed by atoms with Gasteiger partial charge in [-0.1, -0.05) is 24.3 Å². The molecule has 92 valence electrons. The second kappa shape index (κ2) is 4.98. The van der Waals surface area contributed by atoms with Crippen molar-refractivity contribution in [2.45, 2.75) is 0 Å². The largest absolute Gasteiger partial charge is 0.336 e. The monoisotopic (exact) mass is 258 g/mol. The average Bonchev–Trinajstić information content (AvgIpc) is 2.47. The first-order valence-electron chi connectivity index (χ1n) is 6.07. The zero-order valence-electron chi connectivity index (χ0n) is 10.0. The summed E-state index contributed by atoms with van der Waals surface area (Å²) in [4.78, 5) is 18.7. The molecule has 1 aliphatic rings. The van der Waals surface area contributed by atoms with Gasteiger partial charge >= 0.3 is 0 Å². The number of carbonyl (C=O) groups excluding carboxylic acids is 1. The van der Waals surface area contributed by atoms with E-state index in [-0.39, 0.29) is 5.91 Å². The SMILES string of the molecule is O=C(c1nccc2ccccc12)N1CCSCC1. The highest BCUT2D eigenvalue weighted by Crippen LogP contribution is 2.19. The van der Waals surface area contributed by atoms with Crippen molar-refractivity contribution in [1.29, 1.82) is 0 Å². The van der Waals surface area contributed by atoms with Gasteiger partial charge in [-0.25, -0.2) is 0 Å². The zero-order chi connectivity index (χ0) is 12.4. The van der Waals surface area contributed by atoms with E-state index in [9.17, 15) is 4.79 Å². The maximum absolute atomic E-state index is 12.5. The Bertz CT molecular complexity index is 574. The van der Waals surface area contributed by atoms with Crippen LogP contribution in [0.2, 0.25) is 0 Å². The molecule has 3 rings (SSSR count). The summed E-state index contributed by atoms with van der Waals surface area (Å²) in [7, 11) is 0. The van der Waals surface area contributed by atoms with Crippen LogP contribution in [-0.4, -0.2) is 40.4 Å². The predicted molar refractivity (Wildman–Crippen MR) is 75.0 cm³/mol. The van der Waals surface area contributed by atoms with Crippen LogP contribution in [0.15, 0.2) is 36.5 Å². The van der Waals surface area contributed by atoms with Crippen molar-refractivity contribution in [3.8, 4) is 0 Å². The Balaban J connectivity index is 2.00. The number of aromatic nitrogens is 1. The molecule has 1 amide bonds. The summed E-state index contributed by atoms with van der Waals surface area (Å²) in [6.45, 7) is 1.66. The number of hydrogen-bond donors (Lipinski definition) is 0. The van der Waals surface area contributed by atoms with E-state index in [1.165, 1.54) is 0 Å². The van der Waals surface area contributed by atoms with Gasteiger partial charge in [0.1, 0.15) is 5.69 Å². The summed E-state index contributed by atoms with van der Waals surface area (Å²) < 4.78 is 0. The molecule has 1 fully saturated rings. The van der Waals surface area contributed by atoms with Gasteiger partial charge in [0, 0.05) is 36.2 Å². The number of hydrogen-bond acceptors (Lipinski definition) is 3. The molecule has 0 atom stereocenters. The summed E-state index contributed by atoms with van der Waals surface area (Å²) >= 11 is 1.90. The van der Waals surface area contributed by atoms with Crippen LogP contribution in [0.1, 0.15) is 10.5 Å². The minimum absolute atomic E-state index is 0.0621. The van der Waals surface area contributed by atoms with E-state index < -0.39 is 0 Å². The fourth-order valence-corrected chi connectivity index (χ4v) is 3.11. The predicted octanol–water partition coefficient (Wildman–Crippen LogP) is 2.42. The normalized spacial score (nSPS) is 15.9. The first-order chi connectivity index (χ1) is 8.86. The summed E-state index contributed by atoms with van der Waals surface area (Å²) in [5, 5.41) is 2.02. The molecule has 0 spiro atoms. The number of carbonyl (C=O) groups is 1. The maximum atomic E-state index is 12.5. The van der Waals surface area contributed by atoms with Gasteiger partial charge in [-0.2, -0.15) is 11.8 Å². The highest BCUT2D eigenvalue weighted by atomic mass is 32.2. The van der Waals surface area contributed by atoms with Crippen LogP contribution >= 0.6 is 11.8 Å². The molecule has 4 heteroatoms. The van der Waals surface area contributed by atoms with Crippen LogP contribution in [0.25, 0.3) is 10.8 Å². The Morgan fingerprint density at radius 1 is 1.17 bits per heavy atom. The van der Waals surface area contributed by atoms with Gasteiger partial charge in [0.05, 0.1) is 0 Å². The number of benzene rings is 1. The van der Waals surface area contributed by atoms with Gasteiger partial charge in [0.2, 0.25) is 0 Å². The van der Waals surface area contributed by atoms with E-state index in [2.05, 4.69) is 4.98 Å². The van der Waals surface area contributed by atoms with Gasteiger partial charge in [0.25, 0.3) is 5.91 Å². The molecule has 0 aliphatic carbocycles. The third-order valence-corrected chi connectivity index (χ3v) is 4.12. The molecule has 0 bridgehead atoms. The van der Waals surface area contributed by atoms with Gasteiger partial charge in [-0.3, -0.25) is 9.78 Å². The van der Waals surface area contributed by atoms with Crippen LogP contribution in [-0.2, 0) is 0 Å². The number of fused-ring (bicyclic) bond motifs is 1. The minimum Gasteiger partial charge on any atom is -0.336 e. The Kier molecular flexibility index (Phi) is 3.19. The van der Waals surface area contributed by atoms with Gasteiger partial charge < -0.3 is 4.90 Å². The highest BCUT2D eigenvalue weighted by molar-refractivity contribution is 7.99. The first-order valence-corrected chi connectivity index (χ1v) is 7.22. The lowest BCUT2D eigenvalue weighted by Gasteiger charge is -2.26. The molecular formula is C14H14N2OS. The van der Waals surface area contributed by atoms with Gasteiger partial charge in [-0.15, -0.1) is 0 Å². The van der Waals surface area contributed by atoms with Crippen LogP contribution in [0.3, 0.4) is 0 Å². The number of nitrogens with zero attached hydrogens (tertiary/aromatic N) is 2. The number of thioether (sulfide) groups is 1. The summed E-state index contributed by atoms with van der Waals surface area (Å²) in [6, 6.07) is 9.85. The second-order valence-electron chi connectivity index (χ2n) is 4.29. The molecular weight excluding hydrogens is 244 g/mol.